The van der Waals surface area contributed by atoms with Crippen molar-refractivity contribution in [1.29, 1.82) is 0 Å². The molecule has 1 aromatic rings. The van der Waals surface area contributed by atoms with Crippen LogP contribution in [0.1, 0.15) is 45.1 Å². The third-order valence-corrected chi connectivity index (χ3v) is 3.16. The van der Waals surface area contributed by atoms with Gasteiger partial charge in [0, 0.05) is 17.2 Å². The Kier molecular flexibility index (Phi) is 7.83. The summed E-state index contributed by atoms with van der Waals surface area (Å²) in [5.74, 6) is 0.721. The summed E-state index contributed by atoms with van der Waals surface area (Å²) in [6, 6.07) is 5.49. The maximum atomic E-state index is 11.6. The second-order valence-corrected chi connectivity index (χ2v) is 5.43. The predicted octanol–water partition coefficient (Wildman–Crippen LogP) is 4.10. The van der Waals surface area contributed by atoms with Crippen LogP contribution in [0.15, 0.2) is 23.3 Å². The molecule has 0 unspecified atom stereocenters. The lowest BCUT2D eigenvalue weighted by Gasteiger charge is -2.09. The maximum absolute atomic E-state index is 11.6. The molecule has 4 nitrogen and oxygen atoms in total. The normalized spacial score (nSPS) is 11.3. The molecule has 0 aromatic heterocycles. The topological polar surface area (TPSA) is 50.7 Å². The fourth-order valence-electron chi connectivity index (χ4n) is 1.82. The highest BCUT2D eigenvalue weighted by molar-refractivity contribution is 6.30. The van der Waals surface area contributed by atoms with Crippen molar-refractivity contribution in [2.75, 3.05) is 6.61 Å². The Bertz CT molecular complexity index is 501. The van der Waals surface area contributed by atoms with Gasteiger partial charge in [-0.1, -0.05) is 24.9 Å². The van der Waals surface area contributed by atoms with Crippen molar-refractivity contribution >= 4 is 23.2 Å². The summed E-state index contributed by atoms with van der Waals surface area (Å²) in [4.78, 5) is 11.6. The summed E-state index contributed by atoms with van der Waals surface area (Å²) in [5, 5.41) is 4.73. The molecule has 5 heteroatoms. The number of hydrogen-bond acceptors (Lipinski definition) is 3. The van der Waals surface area contributed by atoms with Gasteiger partial charge in [0.2, 0.25) is 5.91 Å². The standard InChI is InChI=1S/C16H23ClN2O2/c1-4-6-13(3)18-19-16(20)7-5-10-21-15-9-8-14(17)11-12(15)2/h8-9,11H,4-7,10H2,1-3H3,(H,19,20)/b18-13+. The summed E-state index contributed by atoms with van der Waals surface area (Å²) in [5.41, 5.74) is 4.50. The lowest BCUT2D eigenvalue weighted by molar-refractivity contribution is -0.121. The molecule has 0 radical (unpaired) electrons. The Morgan fingerprint density at radius 2 is 2.14 bits per heavy atom. The average molecular weight is 311 g/mol. The number of hydrazone groups is 1. The van der Waals surface area contributed by atoms with Crippen LogP contribution in [0.2, 0.25) is 5.02 Å². The Hall–Kier alpha value is -1.55. The number of halogens is 1. The number of aryl methyl sites for hydroxylation is 1. The van der Waals surface area contributed by atoms with Crippen molar-refractivity contribution < 1.29 is 9.53 Å². The molecule has 0 aliphatic rings. The molecule has 1 N–H and O–H groups in total. The Labute approximate surface area is 131 Å². The molecule has 1 rings (SSSR count). The van der Waals surface area contributed by atoms with Gasteiger partial charge in [0.15, 0.2) is 0 Å². The van der Waals surface area contributed by atoms with E-state index in [-0.39, 0.29) is 5.91 Å². The minimum atomic E-state index is -0.0816. The van der Waals surface area contributed by atoms with E-state index < -0.39 is 0 Å². The quantitative estimate of drug-likeness (QED) is 0.446. The predicted molar refractivity (Wildman–Crippen MR) is 87.1 cm³/mol. The molecule has 0 aliphatic heterocycles. The number of ether oxygens (including phenoxy) is 1. The lowest BCUT2D eigenvalue weighted by Crippen LogP contribution is -2.19. The average Bonchev–Trinajstić information content (AvgIpc) is 2.43. The molecule has 0 atom stereocenters. The molecule has 116 valence electrons. The molecular weight excluding hydrogens is 288 g/mol. The van der Waals surface area contributed by atoms with Crippen molar-refractivity contribution in [2.45, 2.75) is 46.5 Å². The van der Waals surface area contributed by atoms with E-state index in [0.717, 1.165) is 29.9 Å². The lowest BCUT2D eigenvalue weighted by atomic mass is 10.2. The minimum Gasteiger partial charge on any atom is -0.493 e. The number of amides is 1. The Balaban J connectivity index is 2.24. The van der Waals surface area contributed by atoms with E-state index in [1.807, 2.05) is 26.0 Å². The van der Waals surface area contributed by atoms with Crippen LogP contribution < -0.4 is 10.2 Å². The number of benzene rings is 1. The summed E-state index contributed by atoms with van der Waals surface area (Å²) in [7, 11) is 0. The third kappa shape index (κ3) is 7.14. The van der Waals surface area contributed by atoms with Crippen LogP contribution in [0.5, 0.6) is 5.75 Å². The van der Waals surface area contributed by atoms with E-state index in [2.05, 4.69) is 17.5 Å². The number of carbonyl (C=O) groups excluding carboxylic acids is 1. The number of carbonyl (C=O) groups is 1. The Morgan fingerprint density at radius 1 is 1.38 bits per heavy atom. The first kappa shape index (κ1) is 17.5. The van der Waals surface area contributed by atoms with Gasteiger partial charge in [-0.2, -0.15) is 5.10 Å². The first-order valence-corrected chi connectivity index (χ1v) is 7.61. The molecule has 0 fully saturated rings. The monoisotopic (exact) mass is 310 g/mol. The fourth-order valence-corrected chi connectivity index (χ4v) is 2.05. The highest BCUT2D eigenvalue weighted by atomic mass is 35.5. The zero-order valence-corrected chi connectivity index (χ0v) is 13.7. The van der Waals surface area contributed by atoms with Gasteiger partial charge >= 0.3 is 0 Å². The smallest absolute Gasteiger partial charge is 0.240 e. The van der Waals surface area contributed by atoms with Gasteiger partial charge in [0.1, 0.15) is 5.75 Å². The van der Waals surface area contributed by atoms with Gasteiger partial charge in [-0.25, -0.2) is 5.43 Å². The van der Waals surface area contributed by atoms with Crippen LogP contribution in [0, 0.1) is 6.92 Å². The van der Waals surface area contributed by atoms with E-state index in [0.29, 0.717) is 24.5 Å². The highest BCUT2D eigenvalue weighted by Crippen LogP contribution is 2.21. The number of nitrogens with zero attached hydrogens (tertiary/aromatic N) is 1. The molecule has 0 aliphatic carbocycles. The maximum Gasteiger partial charge on any atom is 0.240 e. The van der Waals surface area contributed by atoms with Crippen LogP contribution in [0.3, 0.4) is 0 Å². The zero-order chi connectivity index (χ0) is 15.7. The molecule has 0 saturated heterocycles. The molecule has 0 saturated carbocycles. The van der Waals surface area contributed by atoms with Gasteiger partial charge in [0.25, 0.3) is 0 Å². The van der Waals surface area contributed by atoms with Crippen molar-refractivity contribution in [1.82, 2.24) is 5.43 Å². The number of hydrogen-bond donors (Lipinski definition) is 1. The number of nitrogens with one attached hydrogen (secondary N) is 1. The van der Waals surface area contributed by atoms with Crippen LogP contribution >= 0.6 is 11.6 Å². The van der Waals surface area contributed by atoms with E-state index in [4.69, 9.17) is 16.3 Å². The molecule has 1 amide bonds. The Morgan fingerprint density at radius 3 is 2.81 bits per heavy atom. The van der Waals surface area contributed by atoms with Gasteiger partial charge in [0.05, 0.1) is 6.61 Å². The van der Waals surface area contributed by atoms with E-state index in [1.54, 1.807) is 6.07 Å². The van der Waals surface area contributed by atoms with Gasteiger partial charge in [-0.15, -0.1) is 0 Å². The van der Waals surface area contributed by atoms with Gasteiger partial charge < -0.3 is 4.74 Å². The molecule has 21 heavy (non-hydrogen) atoms. The van der Waals surface area contributed by atoms with Crippen molar-refractivity contribution in [3.05, 3.63) is 28.8 Å². The zero-order valence-electron chi connectivity index (χ0n) is 12.9. The molecular formula is C16H23ClN2O2. The summed E-state index contributed by atoms with van der Waals surface area (Å²) in [6.45, 7) is 6.43. The van der Waals surface area contributed by atoms with Crippen LogP contribution in [0.4, 0.5) is 0 Å². The summed E-state index contributed by atoms with van der Waals surface area (Å²) in [6.07, 6.45) is 2.98. The van der Waals surface area contributed by atoms with E-state index >= 15 is 0 Å². The first-order valence-electron chi connectivity index (χ1n) is 7.24. The van der Waals surface area contributed by atoms with Gasteiger partial charge in [-0.05, 0) is 50.5 Å². The molecule has 1 aromatic carbocycles. The van der Waals surface area contributed by atoms with E-state index in [9.17, 15) is 4.79 Å². The minimum absolute atomic E-state index is 0.0816. The SMILES string of the molecule is CCC/C(C)=N/NC(=O)CCCOc1ccc(Cl)cc1C. The third-order valence-electron chi connectivity index (χ3n) is 2.93. The van der Waals surface area contributed by atoms with Crippen LogP contribution in [-0.2, 0) is 4.79 Å². The highest BCUT2D eigenvalue weighted by Gasteiger charge is 2.03. The second kappa shape index (κ2) is 9.40. The van der Waals surface area contributed by atoms with Crippen LogP contribution in [-0.4, -0.2) is 18.2 Å². The van der Waals surface area contributed by atoms with Crippen molar-refractivity contribution in [2.24, 2.45) is 5.10 Å². The molecule has 0 bridgehead atoms. The largest absolute Gasteiger partial charge is 0.493 e. The summed E-state index contributed by atoms with van der Waals surface area (Å²) < 4.78 is 5.63. The molecule has 0 heterocycles. The van der Waals surface area contributed by atoms with Crippen molar-refractivity contribution in [3.8, 4) is 5.75 Å². The second-order valence-electron chi connectivity index (χ2n) is 4.99. The van der Waals surface area contributed by atoms with Crippen molar-refractivity contribution in [3.63, 3.8) is 0 Å². The first-order chi connectivity index (χ1) is 10.0. The molecule has 0 spiro atoms. The van der Waals surface area contributed by atoms with Crippen LogP contribution in [0.25, 0.3) is 0 Å². The summed E-state index contributed by atoms with van der Waals surface area (Å²) >= 11 is 5.88. The fraction of sp³-hybridized carbons (Fsp3) is 0.500. The number of rotatable bonds is 8. The van der Waals surface area contributed by atoms with Gasteiger partial charge in [-0.3, -0.25) is 4.79 Å². The van der Waals surface area contributed by atoms with E-state index in [1.165, 1.54) is 0 Å².